The van der Waals surface area contributed by atoms with Crippen LogP contribution in [0.5, 0.6) is 0 Å². The number of halogens is 1. The summed E-state index contributed by atoms with van der Waals surface area (Å²) in [5.74, 6) is 0.743. The quantitative estimate of drug-likeness (QED) is 0.476. The second kappa shape index (κ2) is 5.23. The summed E-state index contributed by atoms with van der Waals surface area (Å²) in [6.45, 7) is 0. The van der Waals surface area contributed by atoms with E-state index in [2.05, 4.69) is 0 Å². The molecule has 0 amide bonds. The van der Waals surface area contributed by atoms with E-state index in [9.17, 15) is 5.21 Å². The maximum absolute atomic E-state index is 11.5. The molecule has 0 aliphatic carbocycles. The zero-order valence-electron chi connectivity index (χ0n) is 8.47. The predicted octanol–water partition coefficient (Wildman–Crippen LogP) is 3.27. The Morgan fingerprint density at radius 2 is 1.88 bits per heavy atom. The van der Waals surface area contributed by atoms with Gasteiger partial charge in [0.05, 0.1) is 0 Å². The van der Waals surface area contributed by atoms with Crippen molar-refractivity contribution in [3.63, 3.8) is 0 Å². The number of pyridine rings is 1. The standard InChI is InChI=1S/C12H10ClNOS/c13-11-7-4-8-14(15)12(11)16-9-10-5-2-1-3-6-10/h1-8H,9H2. The molecule has 1 heterocycles. The Kier molecular flexibility index (Phi) is 3.70. The van der Waals surface area contributed by atoms with Gasteiger partial charge in [-0.2, -0.15) is 4.73 Å². The van der Waals surface area contributed by atoms with Gasteiger partial charge >= 0.3 is 0 Å². The lowest BCUT2D eigenvalue weighted by Gasteiger charge is -2.05. The van der Waals surface area contributed by atoms with Crippen LogP contribution >= 0.6 is 23.4 Å². The Labute approximate surface area is 103 Å². The van der Waals surface area contributed by atoms with Crippen LogP contribution in [0.4, 0.5) is 0 Å². The van der Waals surface area contributed by atoms with Gasteiger partial charge in [0, 0.05) is 11.8 Å². The molecule has 0 N–H and O–H groups in total. The summed E-state index contributed by atoms with van der Waals surface area (Å²) in [5, 5.41) is 12.5. The van der Waals surface area contributed by atoms with E-state index in [-0.39, 0.29) is 0 Å². The average Bonchev–Trinajstić information content (AvgIpc) is 2.30. The molecular weight excluding hydrogens is 242 g/mol. The van der Waals surface area contributed by atoms with Crippen molar-refractivity contribution in [1.29, 1.82) is 0 Å². The number of hydrogen-bond donors (Lipinski definition) is 0. The second-order valence-electron chi connectivity index (χ2n) is 3.26. The highest BCUT2D eigenvalue weighted by Gasteiger charge is 2.10. The van der Waals surface area contributed by atoms with Gasteiger partial charge in [-0.1, -0.05) is 41.9 Å². The van der Waals surface area contributed by atoms with E-state index in [0.29, 0.717) is 10.0 Å². The van der Waals surface area contributed by atoms with Crippen LogP contribution in [0.3, 0.4) is 0 Å². The Morgan fingerprint density at radius 1 is 1.12 bits per heavy atom. The van der Waals surface area contributed by atoms with Crippen molar-refractivity contribution in [2.24, 2.45) is 0 Å². The molecule has 4 heteroatoms. The van der Waals surface area contributed by atoms with E-state index in [1.807, 2.05) is 30.3 Å². The molecule has 2 rings (SSSR count). The van der Waals surface area contributed by atoms with Gasteiger partial charge in [0.25, 0.3) is 5.03 Å². The lowest BCUT2D eigenvalue weighted by molar-refractivity contribution is -0.645. The van der Waals surface area contributed by atoms with Gasteiger partial charge in [0.1, 0.15) is 5.02 Å². The minimum Gasteiger partial charge on any atom is -0.618 e. The van der Waals surface area contributed by atoms with Crippen molar-refractivity contribution in [3.8, 4) is 0 Å². The summed E-state index contributed by atoms with van der Waals surface area (Å²) in [6, 6.07) is 13.3. The van der Waals surface area contributed by atoms with Crippen molar-refractivity contribution in [3.05, 3.63) is 64.5 Å². The van der Waals surface area contributed by atoms with Crippen molar-refractivity contribution >= 4 is 23.4 Å². The first-order chi connectivity index (χ1) is 7.77. The first kappa shape index (κ1) is 11.3. The third-order valence-electron chi connectivity index (χ3n) is 2.09. The molecule has 1 aromatic carbocycles. The summed E-state index contributed by atoms with van der Waals surface area (Å²) in [5.41, 5.74) is 1.17. The minimum atomic E-state index is 0.499. The molecule has 1 aromatic heterocycles. The summed E-state index contributed by atoms with van der Waals surface area (Å²) >= 11 is 7.40. The van der Waals surface area contributed by atoms with E-state index in [4.69, 9.17) is 11.6 Å². The molecule has 0 saturated carbocycles. The van der Waals surface area contributed by atoms with E-state index in [1.165, 1.54) is 23.5 Å². The van der Waals surface area contributed by atoms with Crippen molar-refractivity contribution in [2.75, 3.05) is 0 Å². The van der Waals surface area contributed by atoms with Crippen LogP contribution in [-0.4, -0.2) is 0 Å². The lowest BCUT2D eigenvalue weighted by Crippen LogP contribution is -2.28. The van der Waals surface area contributed by atoms with Gasteiger partial charge in [-0.05, 0) is 23.4 Å². The molecule has 0 bridgehead atoms. The minimum absolute atomic E-state index is 0.499. The molecule has 0 saturated heterocycles. The van der Waals surface area contributed by atoms with Crippen LogP contribution in [0.1, 0.15) is 5.56 Å². The number of hydrogen-bond acceptors (Lipinski definition) is 2. The summed E-state index contributed by atoms with van der Waals surface area (Å²) in [6.07, 6.45) is 1.46. The molecule has 0 aliphatic rings. The van der Waals surface area contributed by atoms with Crippen LogP contribution in [0, 0.1) is 5.21 Å². The fraction of sp³-hybridized carbons (Fsp3) is 0.0833. The smallest absolute Gasteiger partial charge is 0.270 e. The van der Waals surface area contributed by atoms with Gasteiger partial charge in [-0.3, -0.25) is 0 Å². The number of thioether (sulfide) groups is 1. The maximum atomic E-state index is 11.5. The van der Waals surface area contributed by atoms with Crippen LogP contribution in [0.2, 0.25) is 5.02 Å². The largest absolute Gasteiger partial charge is 0.618 e. The van der Waals surface area contributed by atoms with Gasteiger partial charge in [0.2, 0.25) is 0 Å². The number of rotatable bonds is 3. The SMILES string of the molecule is [O-][n+]1cccc(Cl)c1SCc1ccccc1. The molecule has 0 radical (unpaired) electrons. The third-order valence-corrected chi connectivity index (χ3v) is 3.65. The molecule has 0 fully saturated rings. The van der Waals surface area contributed by atoms with E-state index < -0.39 is 0 Å². The van der Waals surface area contributed by atoms with Gasteiger partial charge < -0.3 is 5.21 Å². The topological polar surface area (TPSA) is 26.9 Å². The molecular formula is C12H10ClNOS. The monoisotopic (exact) mass is 251 g/mol. The summed E-state index contributed by atoms with van der Waals surface area (Å²) in [7, 11) is 0. The molecule has 16 heavy (non-hydrogen) atoms. The molecule has 0 atom stereocenters. The number of benzene rings is 1. The molecule has 0 spiro atoms. The highest BCUT2D eigenvalue weighted by molar-refractivity contribution is 7.98. The van der Waals surface area contributed by atoms with Gasteiger partial charge in [0.15, 0.2) is 6.20 Å². The fourth-order valence-corrected chi connectivity index (χ4v) is 2.52. The zero-order valence-corrected chi connectivity index (χ0v) is 10.0. The lowest BCUT2D eigenvalue weighted by atomic mass is 10.2. The highest BCUT2D eigenvalue weighted by Crippen LogP contribution is 2.25. The highest BCUT2D eigenvalue weighted by atomic mass is 35.5. The van der Waals surface area contributed by atoms with E-state index in [1.54, 1.807) is 12.1 Å². The van der Waals surface area contributed by atoms with Gasteiger partial charge in [-0.15, -0.1) is 0 Å². The van der Waals surface area contributed by atoms with Crippen molar-refractivity contribution < 1.29 is 4.73 Å². The average molecular weight is 252 g/mol. The van der Waals surface area contributed by atoms with Crippen molar-refractivity contribution in [1.82, 2.24) is 0 Å². The van der Waals surface area contributed by atoms with Crippen molar-refractivity contribution in [2.45, 2.75) is 10.8 Å². The van der Waals surface area contributed by atoms with E-state index >= 15 is 0 Å². The van der Waals surface area contributed by atoms with Gasteiger partial charge in [-0.25, -0.2) is 0 Å². The van der Waals surface area contributed by atoms with Crippen LogP contribution in [0.15, 0.2) is 53.7 Å². The molecule has 82 valence electrons. The maximum Gasteiger partial charge on any atom is 0.270 e. The Morgan fingerprint density at radius 3 is 2.56 bits per heavy atom. The second-order valence-corrected chi connectivity index (χ2v) is 4.63. The molecule has 2 nitrogen and oxygen atoms in total. The number of aromatic nitrogens is 1. The van der Waals surface area contributed by atoms with Crippen LogP contribution in [-0.2, 0) is 5.75 Å². The Balaban J connectivity index is 2.11. The molecule has 2 aromatic rings. The zero-order chi connectivity index (χ0) is 11.4. The van der Waals surface area contributed by atoms with Crippen LogP contribution < -0.4 is 4.73 Å². The number of nitrogens with zero attached hydrogens (tertiary/aromatic N) is 1. The molecule has 0 unspecified atom stereocenters. The predicted molar refractivity (Wildman–Crippen MR) is 66.4 cm³/mol. The first-order valence-electron chi connectivity index (χ1n) is 4.82. The van der Waals surface area contributed by atoms with E-state index in [0.717, 1.165) is 10.5 Å². The summed E-state index contributed by atoms with van der Waals surface area (Å²) < 4.78 is 0.802. The molecule has 0 aliphatic heterocycles. The Bertz CT molecular complexity index is 455. The Hall–Kier alpha value is -1.19. The first-order valence-corrected chi connectivity index (χ1v) is 6.18. The third kappa shape index (κ3) is 2.68. The normalized spacial score (nSPS) is 10.3. The fourth-order valence-electron chi connectivity index (χ4n) is 1.31. The van der Waals surface area contributed by atoms with Crippen LogP contribution in [0.25, 0.3) is 0 Å². The summed E-state index contributed by atoms with van der Waals surface area (Å²) in [4.78, 5) is 0.